The van der Waals surface area contributed by atoms with E-state index in [1.807, 2.05) is 18.2 Å². The van der Waals surface area contributed by atoms with Gasteiger partial charge < -0.3 is 5.11 Å². The zero-order chi connectivity index (χ0) is 13.6. The first-order valence-corrected chi connectivity index (χ1v) is 6.92. The Balaban J connectivity index is 2.10. The molecule has 1 aliphatic rings. The Morgan fingerprint density at radius 3 is 2.58 bits per heavy atom. The van der Waals surface area contributed by atoms with Gasteiger partial charge in [-0.3, -0.25) is 0 Å². The van der Waals surface area contributed by atoms with Crippen molar-refractivity contribution >= 4 is 0 Å². The molecule has 0 fully saturated rings. The van der Waals surface area contributed by atoms with Gasteiger partial charge in [-0.05, 0) is 40.5 Å². The van der Waals surface area contributed by atoms with E-state index in [0.29, 0.717) is 11.7 Å². The molecule has 19 heavy (non-hydrogen) atoms. The lowest BCUT2D eigenvalue weighted by molar-refractivity contribution is 0.379. The summed E-state index contributed by atoms with van der Waals surface area (Å²) in [7, 11) is 0. The molecule has 98 valence electrons. The van der Waals surface area contributed by atoms with Crippen LogP contribution in [0.1, 0.15) is 31.9 Å². The fourth-order valence-electron chi connectivity index (χ4n) is 3.13. The normalized spacial score (nSPS) is 20.3. The molecule has 1 atom stereocenters. The summed E-state index contributed by atoms with van der Waals surface area (Å²) >= 11 is 0. The Kier molecular flexibility index (Phi) is 2.67. The van der Waals surface area contributed by atoms with Crippen LogP contribution in [-0.2, 0) is 11.8 Å². The fourth-order valence-corrected chi connectivity index (χ4v) is 3.13. The van der Waals surface area contributed by atoms with Gasteiger partial charge in [0.2, 0.25) is 0 Å². The summed E-state index contributed by atoms with van der Waals surface area (Å²) in [5.74, 6) is 1.02. The largest absolute Gasteiger partial charge is 0.507 e. The van der Waals surface area contributed by atoms with Crippen molar-refractivity contribution in [3.05, 3.63) is 53.6 Å². The van der Waals surface area contributed by atoms with Crippen LogP contribution in [0.3, 0.4) is 0 Å². The summed E-state index contributed by atoms with van der Waals surface area (Å²) in [4.78, 5) is 0. The van der Waals surface area contributed by atoms with E-state index >= 15 is 0 Å². The highest BCUT2D eigenvalue weighted by Crippen LogP contribution is 2.44. The van der Waals surface area contributed by atoms with Crippen LogP contribution in [0.5, 0.6) is 5.75 Å². The van der Waals surface area contributed by atoms with Crippen LogP contribution >= 0.6 is 0 Å². The minimum Gasteiger partial charge on any atom is -0.507 e. The first kappa shape index (κ1) is 12.3. The van der Waals surface area contributed by atoms with Crippen molar-refractivity contribution in [1.29, 1.82) is 0 Å². The van der Waals surface area contributed by atoms with Crippen LogP contribution in [0.4, 0.5) is 0 Å². The number of hydrogen-bond acceptors (Lipinski definition) is 1. The summed E-state index contributed by atoms with van der Waals surface area (Å²) in [6, 6.07) is 14.2. The summed E-state index contributed by atoms with van der Waals surface area (Å²) in [6.07, 6.45) is 1.13. The van der Waals surface area contributed by atoms with Gasteiger partial charge in [-0.1, -0.05) is 57.2 Å². The number of fused-ring (bicyclic) bond motifs is 1. The highest BCUT2D eigenvalue weighted by Gasteiger charge is 2.36. The Hall–Kier alpha value is -1.76. The molecule has 0 aliphatic heterocycles. The summed E-state index contributed by atoms with van der Waals surface area (Å²) in [5, 5.41) is 9.97. The lowest BCUT2D eigenvalue weighted by atomic mass is 9.79. The van der Waals surface area contributed by atoms with Gasteiger partial charge in [0, 0.05) is 5.56 Å². The molecule has 2 aromatic carbocycles. The molecule has 1 aliphatic carbocycles. The first-order chi connectivity index (χ1) is 9.00. The topological polar surface area (TPSA) is 20.2 Å². The minimum atomic E-state index is 0.257. The summed E-state index contributed by atoms with van der Waals surface area (Å²) in [6.45, 7) is 6.96. The molecular formula is C18H20O. The average molecular weight is 252 g/mol. The monoisotopic (exact) mass is 252 g/mol. The number of hydrogen-bond donors (Lipinski definition) is 1. The van der Waals surface area contributed by atoms with Crippen LogP contribution in [0.15, 0.2) is 42.5 Å². The molecule has 0 saturated carbocycles. The van der Waals surface area contributed by atoms with Crippen LogP contribution < -0.4 is 0 Å². The number of aromatic hydroxyl groups is 1. The molecule has 0 saturated heterocycles. The average Bonchev–Trinajstić information content (AvgIpc) is 2.60. The molecule has 1 heteroatoms. The van der Waals surface area contributed by atoms with Crippen molar-refractivity contribution < 1.29 is 5.11 Å². The van der Waals surface area contributed by atoms with Crippen LogP contribution in [0.25, 0.3) is 11.1 Å². The highest BCUT2D eigenvalue weighted by molar-refractivity contribution is 5.71. The van der Waals surface area contributed by atoms with Crippen molar-refractivity contribution in [3.63, 3.8) is 0 Å². The molecule has 0 aromatic heterocycles. The second kappa shape index (κ2) is 4.12. The predicted molar refractivity (Wildman–Crippen MR) is 79.4 cm³/mol. The van der Waals surface area contributed by atoms with E-state index in [1.54, 1.807) is 6.07 Å². The van der Waals surface area contributed by atoms with E-state index in [0.717, 1.165) is 17.5 Å². The Labute approximate surface area is 114 Å². The molecule has 1 nitrogen and oxygen atoms in total. The van der Waals surface area contributed by atoms with E-state index in [9.17, 15) is 5.11 Å². The molecule has 0 bridgehead atoms. The van der Waals surface area contributed by atoms with Crippen LogP contribution in [-0.4, -0.2) is 5.11 Å². The highest BCUT2D eigenvalue weighted by atomic mass is 16.3. The minimum absolute atomic E-state index is 0.257. The Morgan fingerprint density at radius 1 is 1.11 bits per heavy atom. The number of benzene rings is 2. The molecule has 2 aromatic rings. The molecule has 0 spiro atoms. The Morgan fingerprint density at radius 2 is 1.84 bits per heavy atom. The molecule has 3 rings (SSSR count). The maximum Gasteiger partial charge on any atom is 0.123 e. The third-order valence-electron chi connectivity index (χ3n) is 4.77. The molecule has 0 heterocycles. The van der Waals surface area contributed by atoms with Gasteiger partial charge in [-0.15, -0.1) is 0 Å². The van der Waals surface area contributed by atoms with Gasteiger partial charge in [0.25, 0.3) is 0 Å². The first-order valence-electron chi connectivity index (χ1n) is 6.92. The zero-order valence-electron chi connectivity index (χ0n) is 11.8. The standard InChI is InChI=1S/C18H20O/c1-12-10-14-11-13(8-9-16(14)18(12,2)3)15-6-4-5-7-17(15)19/h4-9,11-12,19H,10H2,1-3H3. The fraction of sp³-hybridized carbons (Fsp3) is 0.333. The van der Waals surface area contributed by atoms with Crippen molar-refractivity contribution in [2.45, 2.75) is 32.6 Å². The number of rotatable bonds is 1. The maximum absolute atomic E-state index is 9.97. The SMILES string of the molecule is CC1Cc2cc(-c3ccccc3O)ccc2C1(C)C. The van der Waals surface area contributed by atoms with Gasteiger partial charge >= 0.3 is 0 Å². The second-order valence-corrected chi connectivity index (χ2v) is 6.22. The second-order valence-electron chi connectivity index (χ2n) is 6.22. The van der Waals surface area contributed by atoms with Crippen molar-refractivity contribution in [2.75, 3.05) is 0 Å². The van der Waals surface area contributed by atoms with Gasteiger partial charge in [-0.25, -0.2) is 0 Å². The van der Waals surface area contributed by atoms with Gasteiger partial charge in [0.05, 0.1) is 0 Å². The van der Waals surface area contributed by atoms with E-state index < -0.39 is 0 Å². The van der Waals surface area contributed by atoms with Crippen LogP contribution in [0.2, 0.25) is 0 Å². The third kappa shape index (κ3) is 1.85. The molecule has 1 N–H and O–H groups in total. The zero-order valence-corrected chi connectivity index (χ0v) is 11.8. The lowest BCUT2D eigenvalue weighted by Crippen LogP contribution is -2.21. The van der Waals surface area contributed by atoms with Gasteiger partial charge in [0.15, 0.2) is 0 Å². The van der Waals surface area contributed by atoms with Gasteiger partial charge in [0.1, 0.15) is 5.75 Å². The van der Waals surface area contributed by atoms with Crippen molar-refractivity contribution in [2.24, 2.45) is 5.92 Å². The van der Waals surface area contributed by atoms with E-state index in [4.69, 9.17) is 0 Å². The molecule has 0 radical (unpaired) electrons. The van der Waals surface area contributed by atoms with E-state index in [-0.39, 0.29) is 5.41 Å². The summed E-state index contributed by atoms with van der Waals surface area (Å²) < 4.78 is 0. The number of phenols is 1. The number of phenolic OH excluding ortho intramolecular Hbond substituents is 1. The lowest BCUT2D eigenvalue weighted by Gasteiger charge is -2.25. The van der Waals surface area contributed by atoms with Crippen LogP contribution in [0, 0.1) is 5.92 Å². The molecule has 1 unspecified atom stereocenters. The smallest absolute Gasteiger partial charge is 0.123 e. The van der Waals surface area contributed by atoms with Crippen molar-refractivity contribution in [1.82, 2.24) is 0 Å². The quantitative estimate of drug-likeness (QED) is 0.790. The van der Waals surface area contributed by atoms with E-state index in [1.165, 1.54) is 11.1 Å². The third-order valence-corrected chi connectivity index (χ3v) is 4.77. The maximum atomic E-state index is 9.97. The molecular weight excluding hydrogens is 232 g/mol. The van der Waals surface area contributed by atoms with Crippen molar-refractivity contribution in [3.8, 4) is 16.9 Å². The Bertz CT molecular complexity index is 625. The van der Waals surface area contributed by atoms with E-state index in [2.05, 4.69) is 39.0 Å². The van der Waals surface area contributed by atoms with Gasteiger partial charge in [-0.2, -0.15) is 0 Å². The summed E-state index contributed by atoms with van der Waals surface area (Å²) in [5.41, 5.74) is 5.17. The molecule has 0 amide bonds. The predicted octanol–water partition coefficient (Wildman–Crippen LogP) is 4.53. The number of para-hydroxylation sites is 1.